The van der Waals surface area contributed by atoms with E-state index < -0.39 is 23.1 Å². The first-order chi connectivity index (χ1) is 12.1. The molecule has 1 aromatic carbocycles. The zero-order chi connectivity index (χ0) is 19.3. The van der Waals surface area contributed by atoms with Crippen LogP contribution in [0.3, 0.4) is 0 Å². The molecule has 0 unspecified atom stereocenters. The maximum atomic E-state index is 13.9. The molecule has 1 aromatic heterocycles. The lowest BCUT2D eigenvalue weighted by Gasteiger charge is -2.38. The average molecular weight is 376 g/mol. The summed E-state index contributed by atoms with van der Waals surface area (Å²) in [6.45, 7) is 8.33. The van der Waals surface area contributed by atoms with Gasteiger partial charge in [-0.05, 0) is 45.4 Å². The molecule has 4 nitrogen and oxygen atoms in total. The number of rotatable bonds is 2. The third-order valence-corrected chi connectivity index (χ3v) is 5.99. The number of carbonyl (C=O) groups is 1. The topological polar surface area (TPSA) is 69.5 Å². The van der Waals surface area contributed by atoms with Crippen molar-refractivity contribution in [1.82, 2.24) is 0 Å². The number of hydrogen-bond donors (Lipinski definition) is 2. The lowest BCUT2D eigenvalue weighted by Crippen LogP contribution is -3.03. The van der Waals surface area contributed by atoms with Crippen molar-refractivity contribution in [2.75, 3.05) is 5.32 Å². The van der Waals surface area contributed by atoms with Crippen LogP contribution in [0.4, 0.5) is 13.8 Å². The highest BCUT2D eigenvalue weighted by atomic mass is 32.1. The van der Waals surface area contributed by atoms with E-state index in [9.17, 15) is 18.8 Å². The molecule has 0 saturated carbocycles. The van der Waals surface area contributed by atoms with Crippen LogP contribution in [0.2, 0.25) is 0 Å². The van der Waals surface area contributed by atoms with Gasteiger partial charge < -0.3 is 10.6 Å². The first-order valence-electron chi connectivity index (χ1n) is 8.24. The van der Waals surface area contributed by atoms with E-state index in [0.29, 0.717) is 17.0 Å². The van der Waals surface area contributed by atoms with Crippen LogP contribution in [0, 0.1) is 23.0 Å². The Morgan fingerprint density at radius 1 is 1.27 bits per heavy atom. The van der Waals surface area contributed by atoms with Crippen molar-refractivity contribution in [3.63, 3.8) is 0 Å². The van der Waals surface area contributed by atoms with Gasteiger partial charge in [0.15, 0.2) is 0 Å². The molecule has 0 bridgehead atoms. The van der Waals surface area contributed by atoms with Gasteiger partial charge in [-0.3, -0.25) is 4.79 Å². The highest BCUT2D eigenvalue weighted by molar-refractivity contribution is 7.16. The number of nitriles is 1. The number of nitrogens with two attached hydrogens (primary N) is 1. The molecule has 1 aliphatic heterocycles. The summed E-state index contributed by atoms with van der Waals surface area (Å²) in [6, 6.07) is 5.42. The predicted molar refractivity (Wildman–Crippen MR) is 96.1 cm³/mol. The summed E-state index contributed by atoms with van der Waals surface area (Å²) < 4.78 is 27.7. The molecule has 26 heavy (non-hydrogen) atoms. The minimum atomic E-state index is -0.933. The maximum absolute atomic E-state index is 13.9. The van der Waals surface area contributed by atoms with Gasteiger partial charge in [-0.25, -0.2) is 8.78 Å². The van der Waals surface area contributed by atoms with E-state index in [0.717, 1.165) is 22.6 Å². The first-order valence-corrected chi connectivity index (χ1v) is 9.06. The number of nitrogens with zero attached hydrogens (tertiary/aromatic N) is 1. The van der Waals surface area contributed by atoms with Crippen LogP contribution in [0.15, 0.2) is 18.2 Å². The molecule has 0 spiro atoms. The van der Waals surface area contributed by atoms with Crippen molar-refractivity contribution < 1.29 is 18.9 Å². The average Bonchev–Trinajstić information content (AvgIpc) is 2.83. The fourth-order valence-electron chi connectivity index (χ4n) is 3.79. The lowest BCUT2D eigenvalue weighted by atomic mass is 9.81. The summed E-state index contributed by atoms with van der Waals surface area (Å²) in [5.41, 5.74) is 0.277. The number of halogens is 2. The second-order valence-corrected chi connectivity index (χ2v) is 8.83. The van der Waals surface area contributed by atoms with Crippen LogP contribution >= 0.6 is 11.3 Å². The second kappa shape index (κ2) is 6.15. The lowest BCUT2D eigenvalue weighted by molar-refractivity contribution is -0.789. The fraction of sp³-hybridized carbons (Fsp3) is 0.368. The van der Waals surface area contributed by atoms with Gasteiger partial charge in [0.2, 0.25) is 0 Å². The van der Waals surface area contributed by atoms with E-state index in [4.69, 9.17) is 0 Å². The molecule has 1 amide bonds. The van der Waals surface area contributed by atoms with Gasteiger partial charge in [0.05, 0.1) is 16.0 Å². The van der Waals surface area contributed by atoms with Crippen LogP contribution in [-0.4, -0.2) is 11.4 Å². The van der Waals surface area contributed by atoms with E-state index in [1.165, 1.54) is 17.4 Å². The Bertz CT molecular complexity index is 921. The molecule has 0 saturated heterocycles. The van der Waals surface area contributed by atoms with Crippen LogP contribution in [-0.2, 0) is 12.0 Å². The molecule has 2 aromatic rings. The number of thiophene rings is 1. The van der Waals surface area contributed by atoms with Crippen LogP contribution in [0.5, 0.6) is 0 Å². The molecular formula is C19H20F2N3OS+. The van der Waals surface area contributed by atoms with Crippen LogP contribution in [0.1, 0.15) is 54.1 Å². The summed E-state index contributed by atoms with van der Waals surface area (Å²) in [5, 5.41) is 14.8. The smallest absolute Gasteiger partial charge is 0.262 e. The zero-order valence-corrected chi connectivity index (χ0v) is 15.9. The van der Waals surface area contributed by atoms with Gasteiger partial charge >= 0.3 is 0 Å². The second-order valence-electron chi connectivity index (χ2n) is 7.81. The first kappa shape index (κ1) is 18.5. The third-order valence-electron chi connectivity index (χ3n) is 4.50. The predicted octanol–water partition coefficient (Wildman–Crippen LogP) is 3.28. The number of carbonyl (C=O) groups excluding carboxylic acids is 1. The number of hydrogen-bond acceptors (Lipinski definition) is 3. The summed E-state index contributed by atoms with van der Waals surface area (Å²) >= 11 is 1.30. The van der Waals surface area contributed by atoms with Crippen LogP contribution in [0.25, 0.3) is 0 Å². The van der Waals surface area contributed by atoms with Crippen molar-refractivity contribution in [2.24, 2.45) is 0 Å². The van der Waals surface area contributed by atoms with Gasteiger partial charge in [0.25, 0.3) is 5.91 Å². The largest absolute Gasteiger partial charge is 0.333 e. The van der Waals surface area contributed by atoms with Crippen molar-refractivity contribution in [1.29, 1.82) is 5.26 Å². The summed E-state index contributed by atoms with van der Waals surface area (Å²) in [7, 11) is 0. The van der Waals surface area contributed by atoms with E-state index in [-0.39, 0.29) is 11.1 Å². The highest BCUT2D eigenvalue weighted by Gasteiger charge is 2.44. The molecule has 3 rings (SSSR count). The van der Waals surface area contributed by atoms with Gasteiger partial charge in [0, 0.05) is 6.42 Å². The Balaban J connectivity index is 2.05. The number of benzene rings is 1. The monoisotopic (exact) mass is 376 g/mol. The molecule has 0 fully saturated rings. The van der Waals surface area contributed by atoms with Crippen molar-refractivity contribution >= 4 is 22.2 Å². The number of anilines is 1. The molecular weight excluding hydrogens is 356 g/mol. The quantitative estimate of drug-likeness (QED) is 0.844. The SMILES string of the molecule is CC1(C)Cc2c(sc(NC(=O)c3c(F)cccc3F)c2C#N)C(C)(C)[NH2+]1. The van der Waals surface area contributed by atoms with Crippen LogP contribution < -0.4 is 10.6 Å². The van der Waals surface area contributed by atoms with Gasteiger partial charge in [-0.15, -0.1) is 11.3 Å². The fourth-order valence-corrected chi connectivity index (χ4v) is 5.03. The molecule has 7 heteroatoms. The van der Waals surface area contributed by atoms with E-state index in [2.05, 4.69) is 44.4 Å². The summed E-state index contributed by atoms with van der Waals surface area (Å²) in [5.74, 6) is -2.76. The van der Waals surface area contributed by atoms with E-state index in [1.54, 1.807) is 0 Å². The number of amides is 1. The number of quaternary nitrogens is 1. The minimum absolute atomic E-state index is 0.0951. The molecule has 2 heterocycles. The Kier molecular flexibility index (Phi) is 4.37. The Morgan fingerprint density at radius 2 is 1.88 bits per heavy atom. The summed E-state index contributed by atoms with van der Waals surface area (Å²) in [6.07, 6.45) is 0.676. The van der Waals surface area contributed by atoms with Gasteiger partial charge in [-0.2, -0.15) is 5.26 Å². The van der Waals surface area contributed by atoms with Gasteiger partial charge in [-0.1, -0.05) is 6.07 Å². The van der Waals surface area contributed by atoms with Gasteiger partial charge in [0.1, 0.15) is 33.8 Å². The van der Waals surface area contributed by atoms with Crippen molar-refractivity contribution in [2.45, 2.75) is 45.2 Å². The van der Waals surface area contributed by atoms with E-state index in [1.807, 2.05) is 0 Å². The Hall–Kier alpha value is -2.30. The zero-order valence-electron chi connectivity index (χ0n) is 15.0. The molecule has 3 N–H and O–H groups in total. The highest BCUT2D eigenvalue weighted by Crippen LogP contribution is 2.41. The molecule has 136 valence electrons. The third kappa shape index (κ3) is 3.11. The number of nitrogens with one attached hydrogen (secondary N) is 1. The summed E-state index contributed by atoms with van der Waals surface area (Å²) in [4.78, 5) is 13.4. The normalized spacial score (nSPS) is 17.3. The molecule has 1 aliphatic rings. The molecule has 0 radical (unpaired) electrons. The maximum Gasteiger partial charge on any atom is 0.262 e. The van der Waals surface area contributed by atoms with Crippen molar-refractivity contribution in [3.8, 4) is 6.07 Å². The van der Waals surface area contributed by atoms with E-state index >= 15 is 0 Å². The minimum Gasteiger partial charge on any atom is -0.333 e. The van der Waals surface area contributed by atoms with Crippen molar-refractivity contribution in [3.05, 3.63) is 51.4 Å². The molecule has 0 aliphatic carbocycles. The standard InChI is InChI=1S/C19H19F2N3OS/c1-18(2)8-10-11(9-22)17(26-15(10)19(3,4)24-18)23-16(25)14-12(20)6-5-7-13(14)21/h5-7,24H,8H2,1-4H3,(H,23,25)/p+1. The molecule has 0 atom stereocenters. The Labute approximate surface area is 154 Å². The number of fused-ring (bicyclic) bond motifs is 1. The Morgan fingerprint density at radius 3 is 2.46 bits per heavy atom.